The van der Waals surface area contributed by atoms with Crippen LogP contribution in [0.15, 0.2) is 42.7 Å². The Hall–Kier alpha value is -2.14. The minimum atomic E-state index is 0.0344. The van der Waals surface area contributed by atoms with Crippen LogP contribution in [0.25, 0.3) is 5.69 Å². The molecule has 134 valence electrons. The third kappa shape index (κ3) is 5.16. The van der Waals surface area contributed by atoms with E-state index in [4.69, 9.17) is 4.74 Å². The summed E-state index contributed by atoms with van der Waals surface area (Å²) in [7, 11) is 0. The van der Waals surface area contributed by atoms with Gasteiger partial charge in [0.15, 0.2) is 0 Å². The molecule has 1 aromatic carbocycles. The van der Waals surface area contributed by atoms with Crippen molar-refractivity contribution in [3.05, 3.63) is 48.3 Å². The number of ether oxygens (including phenoxy) is 1. The van der Waals surface area contributed by atoms with Crippen LogP contribution < -0.4 is 5.32 Å². The average molecular weight is 341 g/mol. The van der Waals surface area contributed by atoms with Gasteiger partial charge in [-0.3, -0.25) is 4.79 Å². The summed E-state index contributed by atoms with van der Waals surface area (Å²) in [6.45, 7) is 3.43. The van der Waals surface area contributed by atoms with Crippen LogP contribution in [0.3, 0.4) is 0 Å². The fraction of sp³-hybridized carbons (Fsp3) is 0.500. The molecule has 1 N–H and O–H groups in total. The third-order valence-corrected chi connectivity index (χ3v) is 4.86. The molecule has 3 rings (SSSR count). The molecule has 1 amide bonds. The molecule has 1 saturated carbocycles. The fourth-order valence-electron chi connectivity index (χ4n) is 3.37. The molecule has 0 aliphatic heterocycles. The van der Waals surface area contributed by atoms with E-state index in [0.29, 0.717) is 31.6 Å². The van der Waals surface area contributed by atoms with Crippen molar-refractivity contribution in [2.75, 3.05) is 13.2 Å². The van der Waals surface area contributed by atoms with Crippen LogP contribution in [0.1, 0.15) is 38.2 Å². The predicted octanol–water partition coefficient (Wildman–Crippen LogP) is 3.13. The van der Waals surface area contributed by atoms with Crippen LogP contribution in [0.4, 0.5) is 0 Å². The van der Waals surface area contributed by atoms with Crippen LogP contribution in [-0.4, -0.2) is 34.9 Å². The zero-order valence-electron chi connectivity index (χ0n) is 14.9. The molecule has 1 heterocycles. The summed E-state index contributed by atoms with van der Waals surface area (Å²) >= 11 is 0. The first-order valence-electron chi connectivity index (χ1n) is 9.19. The molecule has 1 aliphatic carbocycles. The van der Waals surface area contributed by atoms with Crippen molar-refractivity contribution in [1.29, 1.82) is 0 Å². The highest BCUT2D eigenvalue weighted by Gasteiger charge is 2.21. The Balaban J connectivity index is 1.37. The Bertz CT molecular complexity index is 652. The molecule has 1 fully saturated rings. The molecule has 5 nitrogen and oxygen atoms in total. The summed E-state index contributed by atoms with van der Waals surface area (Å²) in [6, 6.07) is 9.78. The summed E-state index contributed by atoms with van der Waals surface area (Å²) in [5.41, 5.74) is 1.99. The minimum absolute atomic E-state index is 0.0344. The van der Waals surface area contributed by atoms with Gasteiger partial charge in [-0.25, -0.2) is 4.68 Å². The van der Waals surface area contributed by atoms with Gasteiger partial charge in [0, 0.05) is 18.9 Å². The van der Waals surface area contributed by atoms with Crippen molar-refractivity contribution in [3.8, 4) is 5.69 Å². The largest absolute Gasteiger partial charge is 0.376 e. The van der Waals surface area contributed by atoms with E-state index in [-0.39, 0.29) is 5.91 Å². The molecule has 0 spiro atoms. The van der Waals surface area contributed by atoms with Gasteiger partial charge in [0.1, 0.15) is 0 Å². The van der Waals surface area contributed by atoms with Gasteiger partial charge in [-0.2, -0.15) is 5.10 Å². The van der Waals surface area contributed by atoms with Gasteiger partial charge < -0.3 is 10.1 Å². The van der Waals surface area contributed by atoms with Crippen molar-refractivity contribution in [2.45, 2.75) is 45.1 Å². The lowest BCUT2D eigenvalue weighted by atomic mass is 9.88. The number of rotatable bonds is 7. The zero-order chi connectivity index (χ0) is 17.5. The first-order chi connectivity index (χ1) is 12.2. The first-order valence-corrected chi connectivity index (χ1v) is 9.19. The molecule has 0 bridgehead atoms. The zero-order valence-corrected chi connectivity index (χ0v) is 14.9. The van der Waals surface area contributed by atoms with E-state index in [1.54, 1.807) is 10.9 Å². The Morgan fingerprint density at radius 3 is 2.80 bits per heavy atom. The molecule has 1 aliphatic rings. The van der Waals surface area contributed by atoms with E-state index in [2.05, 4.69) is 17.3 Å². The molecule has 2 atom stereocenters. The van der Waals surface area contributed by atoms with E-state index in [9.17, 15) is 4.79 Å². The summed E-state index contributed by atoms with van der Waals surface area (Å²) in [6.07, 6.45) is 9.38. The molecule has 0 saturated heterocycles. The molecular formula is C20H27N3O2. The molecule has 1 aromatic heterocycles. The minimum Gasteiger partial charge on any atom is -0.376 e. The topological polar surface area (TPSA) is 56.1 Å². The van der Waals surface area contributed by atoms with Crippen LogP contribution in [0.5, 0.6) is 0 Å². The predicted molar refractivity (Wildman–Crippen MR) is 97.6 cm³/mol. The van der Waals surface area contributed by atoms with Gasteiger partial charge in [0.25, 0.3) is 0 Å². The molecule has 5 heteroatoms. The van der Waals surface area contributed by atoms with E-state index in [1.807, 2.05) is 36.5 Å². The van der Waals surface area contributed by atoms with E-state index < -0.39 is 0 Å². The Labute approximate surface area is 149 Å². The summed E-state index contributed by atoms with van der Waals surface area (Å²) in [5, 5.41) is 7.14. The quantitative estimate of drug-likeness (QED) is 0.787. The highest BCUT2D eigenvalue weighted by atomic mass is 16.5. The van der Waals surface area contributed by atoms with Gasteiger partial charge in [-0.15, -0.1) is 0 Å². The van der Waals surface area contributed by atoms with Crippen molar-refractivity contribution in [1.82, 2.24) is 15.1 Å². The fourth-order valence-corrected chi connectivity index (χ4v) is 3.37. The number of hydrogen-bond acceptors (Lipinski definition) is 3. The molecule has 0 radical (unpaired) electrons. The number of carbonyl (C=O) groups is 1. The lowest BCUT2D eigenvalue weighted by molar-refractivity contribution is -0.120. The lowest BCUT2D eigenvalue weighted by Crippen LogP contribution is -2.32. The van der Waals surface area contributed by atoms with Gasteiger partial charge in [-0.05, 0) is 42.5 Å². The first kappa shape index (κ1) is 17.7. The van der Waals surface area contributed by atoms with Crippen LogP contribution >= 0.6 is 0 Å². The third-order valence-electron chi connectivity index (χ3n) is 4.86. The number of nitrogens with zero attached hydrogens (tertiary/aromatic N) is 2. The SMILES string of the molecule is C[C@@H]1CCCC[C@H]1OCCNC(=O)Cc1ccc(-n2cccn2)cc1. The monoisotopic (exact) mass is 341 g/mol. The Morgan fingerprint density at radius 1 is 1.28 bits per heavy atom. The highest BCUT2D eigenvalue weighted by molar-refractivity contribution is 5.78. The van der Waals surface area contributed by atoms with Crippen LogP contribution in [0.2, 0.25) is 0 Å². The number of benzene rings is 1. The second kappa shape index (κ2) is 8.81. The van der Waals surface area contributed by atoms with Gasteiger partial charge >= 0.3 is 0 Å². The maximum Gasteiger partial charge on any atom is 0.224 e. The van der Waals surface area contributed by atoms with Crippen molar-refractivity contribution < 1.29 is 9.53 Å². The summed E-state index contributed by atoms with van der Waals surface area (Å²) in [5.74, 6) is 0.671. The number of amides is 1. The smallest absolute Gasteiger partial charge is 0.224 e. The van der Waals surface area contributed by atoms with Crippen molar-refractivity contribution >= 4 is 5.91 Å². The molecule has 25 heavy (non-hydrogen) atoms. The van der Waals surface area contributed by atoms with E-state index in [1.165, 1.54) is 19.3 Å². The number of hydrogen-bond donors (Lipinski definition) is 1. The average Bonchev–Trinajstić information content (AvgIpc) is 3.15. The second-order valence-electron chi connectivity index (χ2n) is 6.81. The normalized spacial score (nSPS) is 20.4. The second-order valence-corrected chi connectivity index (χ2v) is 6.81. The van der Waals surface area contributed by atoms with Gasteiger partial charge in [-0.1, -0.05) is 31.9 Å². The standard InChI is InChI=1S/C20H27N3O2/c1-16-5-2-3-6-19(16)25-14-12-21-20(24)15-17-7-9-18(10-8-17)23-13-4-11-22-23/h4,7-11,13,16,19H,2-3,5-6,12,14-15H2,1H3,(H,21,24)/t16-,19-/m1/s1. The molecular weight excluding hydrogens is 314 g/mol. The summed E-state index contributed by atoms with van der Waals surface area (Å²) < 4.78 is 7.73. The van der Waals surface area contributed by atoms with Crippen molar-refractivity contribution in [3.63, 3.8) is 0 Å². The number of nitrogens with one attached hydrogen (secondary N) is 1. The van der Waals surface area contributed by atoms with Crippen LogP contribution in [-0.2, 0) is 16.0 Å². The van der Waals surface area contributed by atoms with Crippen molar-refractivity contribution in [2.24, 2.45) is 5.92 Å². The van der Waals surface area contributed by atoms with E-state index >= 15 is 0 Å². The molecule has 2 aromatic rings. The number of aromatic nitrogens is 2. The Morgan fingerprint density at radius 2 is 2.08 bits per heavy atom. The van der Waals surface area contributed by atoms with Gasteiger partial charge in [0.05, 0.1) is 24.8 Å². The van der Waals surface area contributed by atoms with Crippen LogP contribution in [0, 0.1) is 5.92 Å². The number of carbonyl (C=O) groups excluding carboxylic acids is 1. The summed E-state index contributed by atoms with van der Waals surface area (Å²) in [4.78, 5) is 12.1. The van der Waals surface area contributed by atoms with E-state index in [0.717, 1.165) is 17.7 Å². The maximum absolute atomic E-state index is 12.1. The molecule has 0 unspecified atom stereocenters. The van der Waals surface area contributed by atoms with Gasteiger partial charge in [0.2, 0.25) is 5.91 Å². The highest BCUT2D eigenvalue weighted by Crippen LogP contribution is 2.25. The lowest BCUT2D eigenvalue weighted by Gasteiger charge is -2.28. The maximum atomic E-state index is 12.1. The Kier molecular flexibility index (Phi) is 6.23.